The molecule has 5 nitrogen and oxygen atoms in total. The van der Waals surface area contributed by atoms with E-state index in [1.54, 1.807) is 12.1 Å². The van der Waals surface area contributed by atoms with E-state index in [0.29, 0.717) is 11.4 Å². The van der Waals surface area contributed by atoms with Crippen molar-refractivity contribution in [2.24, 2.45) is 0 Å². The van der Waals surface area contributed by atoms with E-state index in [1.807, 2.05) is 31.2 Å². The minimum Gasteiger partial charge on any atom is -0.484 e. The summed E-state index contributed by atoms with van der Waals surface area (Å²) in [6, 6.07) is 14.9. The average Bonchev–Trinajstić information content (AvgIpc) is 3.00. The predicted molar refractivity (Wildman–Crippen MR) is 89.3 cm³/mol. The van der Waals surface area contributed by atoms with Gasteiger partial charge in [0.2, 0.25) is 0 Å². The number of aromatic amines is 1. The molecule has 3 aromatic rings. The molecule has 1 heterocycles. The molecular formula is C18H16FN3O2. The molecule has 0 saturated heterocycles. The van der Waals surface area contributed by atoms with E-state index >= 15 is 0 Å². The van der Waals surface area contributed by atoms with Crippen LogP contribution in [0, 0.1) is 12.7 Å². The van der Waals surface area contributed by atoms with Gasteiger partial charge in [0.25, 0.3) is 5.91 Å². The molecule has 0 unspecified atom stereocenters. The molecule has 0 spiro atoms. The van der Waals surface area contributed by atoms with Crippen molar-refractivity contribution in [3.05, 3.63) is 66.1 Å². The first kappa shape index (κ1) is 15.7. The minimum absolute atomic E-state index is 0.199. The summed E-state index contributed by atoms with van der Waals surface area (Å²) in [5, 5.41) is 9.82. The highest BCUT2D eigenvalue weighted by Crippen LogP contribution is 2.21. The van der Waals surface area contributed by atoms with Crippen LogP contribution in [-0.4, -0.2) is 22.7 Å². The van der Waals surface area contributed by atoms with Crippen molar-refractivity contribution in [2.75, 3.05) is 11.9 Å². The lowest BCUT2D eigenvalue weighted by Gasteiger charge is -2.08. The number of rotatable bonds is 5. The molecule has 24 heavy (non-hydrogen) atoms. The molecule has 0 bridgehead atoms. The summed E-state index contributed by atoms with van der Waals surface area (Å²) >= 11 is 0. The first-order valence-electron chi connectivity index (χ1n) is 7.41. The molecule has 0 saturated carbocycles. The summed E-state index contributed by atoms with van der Waals surface area (Å²) < 4.78 is 18.3. The number of H-pyrrole nitrogens is 1. The smallest absolute Gasteiger partial charge is 0.262 e. The number of hydrogen-bond donors (Lipinski definition) is 2. The first-order valence-corrected chi connectivity index (χ1v) is 7.41. The number of halogens is 1. The van der Waals surface area contributed by atoms with Gasteiger partial charge in [-0.25, -0.2) is 4.39 Å². The standard InChI is InChI=1S/C18H16FN3O2/c1-12-8-17(22-21-12)13-4-2-6-15(9-13)20-18(23)11-24-16-7-3-5-14(19)10-16/h2-10H,11H2,1H3,(H,20,23)(H,21,22). The van der Waals surface area contributed by atoms with Gasteiger partial charge in [0, 0.05) is 23.0 Å². The number of carbonyl (C=O) groups excluding carboxylic acids is 1. The summed E-state index contributed by atoms with van der Waals surface area (Å²) in [7, 11) is 0. The van der Waals surface area contributed by atoms with Crippen molar-refractivity contribution < 1.29 is 13.9 Å². The van der Waals surface area contributed by atoms with Crippen molar-refractivity contribution >= 4 is 11.6 Å². The summed E-state index contributed by atoms with van der Waals surface area (Å²) in [5.41, 5.74) is 3.30. The molecule has 0 aliphatic rings. The lowest BCUT2D eigenvalue weighted by Crippen LogP contribution is -2.20. The van der Waals surface area contributed by atoms with Crippen LogP contribution < -0.4 is 10.1 Å². The molecule has 3 rings (SSSR count). The van der Waals surface area contributed by atoms with Crippen LogP contribution >= 0.6 is 0 Å². The van der Waals surface area contributed by atoms with Crippen molar-refractivity contribution in [2.45, 2.75) is 6.92 Å². The number of aromatic nitrogens is 2. The van der Waals surface area contributed by atoms with E-state index < -0.39 is 5.82 Å². The minimum atomic E-state index is -0.407. The van der Waals surface area contributed by atoms with E-state index in [9.17, 15) is 9.18 Å². The fourth-order valence-electron chi connectivity index (χ4n) is 2.22. The van der Waals surface area contributed by atoms with Gasteiger partial charge >= 0.3 is 0 Å². The van der Waals surface area contributed by atoms with E-state index in [-0.39, 0.29) is 12.5 Å². The maximum atomic E-state index is 13.1. The zero-order valence-corrected chi connectivity index (χ0v) is 13.0. The van der Waals surface area contributed by atoms with Gasteiger partial charge in [0.1, 0.15) is 11.6 Å². The van der Waals surface area contributed by atoms with Gasteiger partial charge in [-0.2, -0.15) is 5.10 Å². The highest BCUT2D eigenvalue weighted by Gasteiger charge is 2.07. The van der Waals surface area contributed by atoms with Crippen LogP contribution in [0.4, 0.5) is 10.1 Å². The molecular weight excluding hydrogens is 309 g/mol. The van der Waals surface area contributed by atoms with E-state index in [2.05, 4.69) is 15.5 Å². The maximum absolute atomic E-state index is 13.1. The number of benzene rings is 2. The Kier molecular flexibility index (Phi) is 4.56. The van der Waals surface area contributed by atoms with E-state index in [0.717, 1.165) is 17.0 Å². The number of aryl methyl sites for hydroxylation is 1. The number of carbonyl (C=O) groups is 1. The molecule has 6 heteroatoms. The highest BCUT2D eigenvalue weighted by molar-refractivity contribution is 5.92. The Bertz CT molecular complexity index is 861. The van der Waals surface area contributed by atoms with Crippen molar-refractivity contribution in [3.8, 4) is 17.0 Å². The zero-order chi connectivity index (χ0) is 16.9. The molecule has 0 aliphatic carbocycles. The third-order valence-electron chi connectivity index (χ3n) is 3.31. The maximum Gasteiger partial charge on any atom is 0.262 e. The number of anilines is 1. The molecule has 122 valence electrons. The van der Waals surface area contributed by atoms with Crippen LogP contribution in [0.5, 0.6) is 5.75 Å². The van der Waals surface area contributed by atoms with Gasteiger partial charge in [-0.3, -0.25) is 9.89 Å². The van der Waals surface area contributed by atoms with Crippen molar-refractivity contribution in [1.82, 2.24) is 10.2 Å². The van der Waals surface area contributed by atoms with Gasteiger partial charge in [-0.1, -0.05) is 18.2 Å². The molecule has 0 fully saturated rings. The molecule has 1 aromatic heterocycles. The van der Waals surface area contributed by atoms with Gasteiger partial charge < -0.3 is 10.1 Å². The van der Waals surface area contributed by atoms with Crippen LogP contribution in [0.25, 0.3) is 11.3 Å². The van der Waals surface area contributed by atoms with Crippen LogP contribution in [0.1, 0.15) is 5.69 Å². The second-order valence-electron chi connectivity index (χ2n) is 5.31. The van der Waals surface area contributed by atoms with Crippen molar-refractivity contribution in [1.29, 1.82) is 0 Å². The fourth-order valence-corrected chi connectivity index (χ4v) is 2.22. The van der Waals surface area contributed by atoms with Crippen LogP contribution in [0.2, 0.25) is 0 Å². The molecule has 2 aromatic carbocycles. The summed E-state index contributed by atoms with van der Waals surface area (Å²) in [4.78, 5) is 12.0. The van der Waals surface area contributed by atoms with Gasteiger partial charge in [0.15, 0.2) is 6.61 Å². The summed E-state index contributed by atoms with van der Waals surface area (Å²) in [5.74, 6) is -0.421. The topological polar surface area (TPSA) is 67.0 Å². The van der Waals surface area contributed by atoms with Crippen LogP contribution in [0.15, 0.2) is 54.6 Å². The number of amides is 1. The molecule has 1 amide bonds. The quantitative estimate of drug-likeness (QED) is 0.754. The number of ether oxygens (including phenoxy) is 1. The Morgan fingerprint density at radius 2 is 2.04 bits per heavy atom. The molecule has 0 radical (unpaired) electrons. The van der Waals surface area contributed by atoms with Gasteiger partial charge in [0.05, 0.1) is 5.69 Å². The van der Waals surface area contributed by atoms with Crippen molar-refractivity contribution in [3.63, 3.8) is 0 Å². The van der Waals surface area contributed by atoms with E-state index in [1.165, 1.54) is 18.2 Å². The second-order valence-corrected chi connectivity index (χ2v) is 5.31. The van der Waals surface area contributed by atoms with Gasteiger partial charge in [-0.15, -0.1) is 0 Å². The molecule has 2 N–H and O–H groups in total. The number of nitrogens with zero attached hydrogens (tertiary/aromatic N) is 1. The normalized spacial score (nSPS) is 10.4. The Labute approximate surface area is 138 Å². The monoisotopic (exact) mass is 325 g/mol. The van der Waals surface area contributed by atoms with E-state index in [4.69, 9.17) is 4.74 Å². The largest absolute Gasteiger partial charge is 0.484 e. The SMILES string of the molecule is Cc1cc(-c2cccc(NC(=O)COc3cccc(F)c3)c2)n[nH]1. The summed E-state index contributed by atoms with van der Waals surface area (Å²) in [6.07, 6.45) is 0. The lowest BCUT2D eigenvalue weighted by molar-refractivity contribution is -0.118. The fraction of sp³-hybridized carbons (Fsp3) is 0.111. The molecule has 0 atom stereocenters. The number of nitrogens with one attached hydrogen (secondary N) is 2. The molecule has 0 aliphatic heterocycles. The predicted octanol–water partition coefficient (Wildman–Crippen LogP) is 3.54. The second kappa shape index (κ2) is 6.95. The average molecular weight is 325 g/mol. The van der Waals surface area contributed by atoms with Gasteiger partial charge in [-0.05, 0) is 37.3 Å². The Balaban J connectivity index is 1.62. The zero-order valence-electron chi connectivity index (χ0n) is 13.0. The number of hydrogen-bond acceptors (Lipinski definition) is 3. The van der Waals surface area contributed by atoms with Crippen LogP contribution in [-0.2, 0) is 4.79 Å². The highest BCUT2D eigenvalue weighted by atomic mass is 19.1. The summed E-state index contributed by atoms with van der Waals surface area (Å²) in [6.45, 7) is 1.72. The Morgan fingerprint density at radius 1 is 1.21 bits per heavy atom. The third kappa shape index (κ3) is 3.98. The first-order chi connectivity index (χ1) is 11.6. The Hall–Kier alpha value is -3.15. The lowest BCUT2D eigenvalue weighted by atomic mass is 10.1. The third-order valence-corrected chi connectivity index (χ3v) is 3.31. The van der Waals surface area contributed by atoms with Crippen LogP contribution in [0.3, 0.4) is 0 Å². The Morgan fingerprint density at radius 3 is 2.79 bits per heavy atom.